The van der Waals surface area contributed by atoms with Gasteiger partial charge in [-0.15, -0.1) is 11.3 Å². The molecule has 0 saturated heterocycles. The summed E-state index contributed by atoms with van der Waals surface area (Å²) in [5.41, 5.74) is 1.28. The van der Waals surface area contributed by atoms with Gasteiger partial charge in [-0.3, -0.25) is 19.0 Å². The van der Waals surface area contributed by atoms with E-state index in [-0.39, 0.29) is 24.0 Å². The summed E-state index contributed by atoms with van der Waals surface area (Å²) in [7, 11) is 0. The van der Waals surface area contributed by atoms with Gasteiger partial charge >= 0.3 is 5.97 Å². The molecule has 0 spiro atoms. The van der Waals surface area contributed by atoms with Gasteiger partial charge in [0.05, 0.1) is 17.9 Å². The van der Waals surface area contributed by atoms with E-state index >= 15 is 0 Å². The molecule has 0 fully saturated rings. The maximum atomic E-state index is 13.6. The highest BCUT2D eigenvalue weighted by molar-refractivity contribution is 7.18. The first-order valence-corrected chi connectivity index (χ1v) is 11.8. The molecule has 1 unspecified atom stereocenters. The van der Waals surface area contributed by atoms with Crippen molar-refractivity contribution >= 4 is 39.1 Å². The van der Waals surface area contributed by atoms with E-state index in [1.807, 2.05) is 37.3 Å². The van der Waals surface area contributed by atoms with Crippen LogP contribution in [0.4, 0.5) is 5.69 Å². The summed E-state index contributed by atoms with van der Waals surface area (Å²) < 4.78 is 6.72. The van der Waals surface area contributed by atoms with Gasteiger partial charge in [-0.05, 0) is 57.7 Å². The number of fused-ring (bicyclic) bond motifs is 3. The van der Waals surface area contributed by atoms with Gasteiger partial charge in [0.15, 0.2) is 0 Å². The number of carbonyl (C=O) groups is 2. The Morgan fingerprint density at radius 1 is 1.25 bits per heavy atom. The largest absolute Gasteiger partial charge is 0.466 e. The number of aromatic nitrogens is 2. The molecular weight excluding hydrogens is 426 g/mol. The third-order valence-corrected chi connectivity index (χ3v) is 7.07. The lowest BCUT2D eigenvalue weighted by molar-refractivity contribution is -0.145. The molecular formula is C24H27N3O4S. The molecule has 2 heterocycles. The van der Waals surface area contributed by atoms with Gasteiger partial charge in [0.25, 0.3) is 5.56 Å². The number of carbonyl (C=O) groups excluding carboxylic acids is 2. The van der Waals surface area contributed by atoms with Crippen molar-refractivity contribution in [3.05, 3.63) is 57.0 Å². The van der Waals surface area contributed by atoms with E-state index in [2.05, 4.69) is 4.98 Å². The monoisotopic (exact) mass is 453 g/mol. The van der Waals surface area contributed by atoms with E-state index in [4.69, 9.17) is 4.74 Å². The first-order valence-electron chi connectivity index (χ1n) is 11.0. The molecule has 0 aliphatic heterocycles. The van der Waals surface area contributed by atoms with E-state index in [0.717, 1.165) is 29.0 Å². The number of aryl methyl sites for hydroxylation is 2. The second-order valence-corrected chi connectivity index (χ2v) is 8.92. The van der Waals surface area contributed by atoms with Gasteiger partial charge < -0.3 is 9.64 Å². The number of rotatable bonds is 6. The molecule has 3 aromatic rings. The molecule has 2 aromatic heterocycles. The van der Waals surface area contributed by atoms with Crippen LogP contribution >= 0.6 is 11.3 Å². The minimum absolute atomic E-state index is 0.106. The third kappa shape index (κ3) is 3.95. The predicted molar refractivity (Wildman–Crippen MR) is 125 cm³/mol. The fraction of sp³-hybridized carbons (Fsp3) is 0.417. The van der Waals surface area contributed by atoms with Gasteiger partial charge in [0.1, 0.15) is 17.2 Å². The summed E-state index contributed by atoms with van der Waals surface area (Å²) in [6.45, 7) is 6.12. The molecule has 0 N–H and O–H groups in total. The predicted octanol–water partition coefficient (Wildman–Crippen LogP) is 3.80. The summed E-state index contributed by atoms with van der Waals surface area (Å²) in [4.78, 5) is 47.3. The number of likely N-dealkylation sites (N-methyl/N-ethyl adjacent to an activating group) is 1. The van der Waals surface area contributed by atoms with E-state index < -0.39 is 5.92 Å². The lowest BCUT2D eigenvalue weighted by atomic mass is 9.86. The zero-order chi connectivity index (χ0) is 22.8. The lowest BCUT2D eigenvalue weighted by Gasteiger charge is -2.22. The topological polar surface area (TPSA) is 81.5 Å². The highest BCUT2D eigenvalue weighted by Crippen LogP contribution is 2.41. The Balaban J connectivity index is 1.77. The van der Waals surface area contributed by atoms with Crippen molar-refractivity contribution in [2.45, 2.75) is 52.5 Å². The Hall–Kier alpha value is -3.00. The van der Waals surface area contributed by atoms with Crippen LogP contribution in [-0.4, -0.2) is 34.6 Å². The SMILES string of the molecule is CCOC(=O)C1CCCc2sc3nc(C)n(CC(=O)N(CC)c4ccccc4)c(=O)c3c21. The molecule has 0 radical (unpaired) electrons. The number of anilines is 1. The molecule has 1 aromatic carbocycles. The van der Waals surface area contributed by atoms with Crippen LogP contribution in [0.15, 0.2) is 35.1 Å². The Labute approximate surface area is 190 Å². The molecule has 1 amide bonds. The molecule has 8 heteroatoms. The normalized spacial score (nSPS) is 15.4. The smallest absolute Gasteiger partial charge is 0.313 e. The second kappa shape index (κ2) is 9.24. The first-order chi connectivity index (χ1) is 15.5. The summed E-state index contributed by atoms with van der Waals surface area (Å²) >= 11 is 1.47. The highest BCUT2D eigenvalue weighted by atomic mass is 32.1. The quantitative estimate of drug-likeness (QED) is 0.530. The molecule has 1 aliphatic rings. The number of esters is 1. The molecule has 32 heavy (non-hydrogen) atoms. The van der Waals surface area contributed by atoms with Crippen molar-refractivity contribution in [3.63, 3.8) is 0 Å². The van der Waals surface area contributed by atoms with Crippen LogP contribution in [0.5, 0.6) is 0 Å². The Morgan fingerprint density at radius 2 is 2.00 bits per heavy atom. The van der Waals surface area contributed by atoms with E-state index in [1.54, 1.807) is 18.7 Å². The van der Waals surface area contributed by atoms with E-state index in [9.17, 15) is 14.4 Å². The second-order valence-electron chi connectivity index (χ2n) is 7.84. The molecule has 7 nitrogen and oxygen atoms in total. The molecule has 4 rings (SSSR count). The van der Waals surface area contributed by atoms with E-state index in [0.29, 0.717) is 35.6 Å². The average molecular weight is 454 g/mol. The highest BCUT2D eigenvalue weighted by Gasteiger charge is 2.33. The minimum atomic E-state index is -0.453. The maximum absolute atomic E-state index is 13.6. The number of nitrogens with zero attached hydrogens (tertiary/aromatic N) is 3. The number of ether oxygens (including phenoxy) is 1. The van der Waals surface area contributed by atoms with Crippen LogP contribution in [0.3, 0.4) is 0 Å². The molecule has 168 valence electrons. The van der Waals surface area contributed by atoms with Crippen LogP contribution in [0.2, 0.25) is 0 Å². The van der Waals surface area contributed by atoms with Gasteiger partial charge in [0.2, 0.25) is 5.91 Å². The van der Waals surface area contributed by atoms with Crippen molar-refractivity contribution in [2.24, 2.45) is 0 Å². The van der Waals surface area contributed by atoms with E-state index in [1.165, 1.54) is 15.9 Å². The fourth-order valence-electron chi connectivity index (χ4n) is 4.41. The Morgan fingerprint density at radius 3 is 2.69 bits per heavy atom. The van der Waals surface area contributed by atoms with Crippen LogP contribution in [0, 0.1) is 6.92 Å². The average Bonchev–Trinajstić information content (AvgIpc) is 3.16. The standard InChI is InChI=1S/C24H27N3O4S/c1-4-26(16-10-7-6-8-11-16)19(28)14-27-15(3)25-22-21(23(27)29)20-17(24(30)31-5-2)12-9-13-18(20)32-22/h6-8,10-11,17H,4-5,9,12-14H2,1-3H3. The number of thiophene rings is 1. The van der Waals surface area contributed by atoms with Gasteiger partial charge in [-0.25, -0.2) is 4.98 Å². The van der Waals surface area contributed by atoms with Crippen molar-refractivity contribution in [1.82, 2.24) is 9.55 Å². The van der Waals surface area contributed by atoms with Gasteiger partial charge in [-0.2, -0.15) is 0 Å². The first kappa shape index (κ1) is 22.2. The number of hydrogen-bond donors (Lipinski definition) is 0. The number of benzene rings is 1. The number of amides is 1. The maximum Gasteiger partial charge on any atom is 0.313 e. The zero-order valence-corrected chi connectivity index (χ0v) is 19.4. The summed E-state index contributed by atoms with van der Waals surface area (Å²) in [6, 6.07) is 9.40. The minimum Gasteiger partial charge on any atom is -0.466 e. The third-order valence-electron chi connectivity index (χ3n) is 5.91. The van der Waals surface area contributed by atoms with Gasteiger partial charge in [0, 0.05) is 17.1 Å². The lowest BCUT2D eigenvalue weighted by Crippen LogP contribution is -2.37. The molecule has 0 saturated carbocycles. The van der Waals surface area contributed by atoms with Crippen molar-refractivity contribution in [1.29, 1.82) is 0 Å². The van der Waals surface area contributed by atoms with Crippen LogP contribution in [-0.2, 0) is 27.3 Å². The molecule has 0 bridgehead atoms. The Bertz CT molecular complexity index is 1220. The summed E-state index contributed by atoms with van der Waals surface area (Å²) in [6.07, 6.45) is 2.35. The van der Waals surface area contributed by atoms with Crippen LogP contribution < -0.4 is 10.5 Å². The van der Waals surface area contributed by atoms with Gasteiger partial charge in [-0.1, -0.05) is 18.2 Å². The van der Waals surface area contributed by atoms with Crippen LogP contribution in [0.1, 0.15) is 48.9 Å². The Kier molecular flexibility index (Phi) is 6.41. The number of hydrogen-bond acceptors (Lipinski definition) is 6. The summed E-state index contributed by atoms with van der Waals surface area (Å²) in [5, 5.41) is 0.462. The molecule has 1 atom stereocenters. The summed E-state index contributed by atoms with van der Waals surface area (Å²) in [5.74, 6) is -0.440. The van der Waals surface area contributed by atoms with Crippen molar-refractivity contribution < 1.29 is 14.3 Å². The van der Waals surface area contributed by atoms with Crippen molar-refractivity contribution in [3.8, 4) is 0 Å². The fourth-order valence-corrected chi connectivity index (χ4v) is 5.72. The zero-order valence-electron chi connectivity index (χ0n) is 18.6. The van der Waals surface area contributed by atoms with Crippen molar-refractivity contribution in [2.75, 3.05) is 18.1 Å². The molecule has 1 aliphatic carbocycles. The number of para-hydroxylation sites is 1. The van der Waals surface area contributed by atoms with Crippen LogP contribution in [0.25, 0.3) is 10.2 Å².